The number of halogens is 1. The standard InChI is InChI=1S/C22H25FN4O4/c1-26-8-10-27(11-9-26)18(15-2-7-19-20(12-15)31-14-30-19)13-24-21(28)22(29)25-17-5-3-16(23)4-6-17/h2-7,12,18H,8-11,13-14H2,1H3,(H,24,28)(H,25,29)/t18-/m1/s1. The third kappa shape index (κ3) is 5.12. The van der Waals surface area contributed by atoms with Gasteiger partial charge in [0.1, 0.15) is 5.82 Å². The maximum Gasteiger partial charge on any atom is 0.313 e. The molecule has 0 unspecified atom stereocenters. The SMILES string of the molecule is CN1CCN([C@H](CNC(=O)C(=O)Nc2ccc(F)cc2)c2ccc3c(c2)OCO3)CC1. The van der Waals surface area contributed by atoms with E-state index in [1.54, 1.807) is 0 Å². The summed E-state index contributed by atoms with van der Waals surface area (Å²) in [6.07, 6.45) is 0. The zero-order valence-electron chi connectivity index (χ0n) is 17.3. The van der Waals surface area contributed by atoms with Crippen LogP contribution in [0.2, 0.25) is 0 Å². The number of nitrogens with one attached hydrogen (secondary N) is 2. The maximum absolute atomic E-state index is 13.0. The number of nitrogens with zero attached hydrogens (tertiary/aromatic N) is 2. The maximum atomic E-state index is 13.0. The van der Waals surface area contributed by atoms with E-state index in [1.165, 1.54) is 24.3 Å². The number of amides is 2. The van der Waals surface area contributed by atoms with Crippen molar-refractivity contribution < 1.29 is 23.5 Å². The third-order valence-electron chi connectivity index (χ3n) is 5.52. The van der Waals surface area contributed by atoms with Crippen LogP contribution in [-0.4, -0.2) is 68.2 Å². The molecule has 1 saturated heterocycles. The second-order valence-electron chi connectivity index (χ2n) is 7.64. The highest BCUT2D eigenvalue weighted by Gasteiger charge is 2.27. The Balaban J connectivity index is 1.43. The van der Waals surface area contributed by atoms with E-state index in [9.17, 15) is 14.0 Å². The molecule has 1 fully saturated rings. The molecule has 0 saturated carbocycles. The van der Waals surface area contributed by atoms with E-state index >= 15 is 0 Å². The van der Waals surface area contributed by atoms with Gasteiger partial charge in [-0.2, -0.15) is 0 Å². The second-order valence-corrected chi connectivity index (χ2v) is 7.64. The van der Waals surface area contributed by atoms with Crippen molar-refractivity contribution in [3.8, 4) is 11.5 Å². The summed E-state index contributed by atoms with van der Waals surface area (Å²) >= 11 is 0. The first-order valence-corrected chi connectivity index (χ1v) is 10.2. The normalized spacial score (nSPS) is 17.2. The predicted molar refractivity (Wildman–Crippen MR) is 112 cm³/mol. The third-order valence-corrected chi connectivity index (χ3v) is 5.52. The Morgan fingerprint density at radius 3 is 2.45 bits per heavy atom. The second kappa shape index (κ2) is 9.32. The lowest BCUT2D eigenvalue weighted by Crippen LogP contribution is -2.49. The molecule has 0 spiro atoms. The highest BCUT2D eigenvalue weighted by atomic mass is 19.1. The number of anilines is 1. The van der Waals surface area contributed by atoms with E-state index in [1.807, 2.05) is 18.2 Å². The van der Waals surface area contributed by atoms with Crippen LogP contribution in [0.5, 0.6) is 11.5 Å². The van der Waals surface area contributed by atoms with Crippen LogP contribution >= 0.6 is 0 Å². The van der Waals surface area contributed by atoms with Crippen molar-refractivity contribution in [1.82, 2.24) is 15.1 Å². The van der Waals surface area contributed by atoms with Crippen molar-refractivity contribution in [3.63, 3.8) is 0 Å². The molecule has 0 aliphatic carbocycles. The summed E-state index contributed by atoms with van der Waals surface area (Å²) in [5.41, 5.74) is 1.33. The van der Waals surface area contributed by atoms with Gasteiger partial charge in [-0.3, -0.25) is 14.5 Å². The monoisotopic (exact) mass is 428 g/mol. The first-order valence-electron chi connectivity index (χ1n) is 10.2. The minimum absolute atomic E-state index is 0.120. The molecular weight excluding hydrogens is 403 g/mol. The van der Waals surface area contributed by atoms with Gasteiger partial charge in [0.25, 0.3) is 0 Å². The summed E-state index contributed by atoms with van der Waals surface area (Å²) in [5, 5.41) is 5.21. The van der Waals surface area contributed by atoms with Gasteiger partial charge in [0, 0.05) is 38.4 Å². The Morgan fingerprint density at radius 1 is 1.00 bits per heavy atom. The molecule has 31 heavy (non-hydrogen) atoms. The Hall–Kier alpha value is -3.17. The average molecular weight is 428 g/mol. The molecule has 0 radical (unpaired) electrons. The van der Waals surface area contributed by atoms with Crippen molar-refractivity contribution >= 4 is 17.5 Å². The molecule has 1 atom stereocenters. The molecule has 2 amide bonds. The summed E-state index contributed by atoms with van der Waals surface area (Å²) < 4.78 is 23.9. The lowest BCUT2D eigenvalue weighted by Gasteiger charge is -2.38. The van der Waals surface area contributed by atoms with E-state index in [2.05, 4.69) is 27.5 Å². The van der Waals surface area contributed by atoms with Gasteiger partial charge in [-0.05, 0) is 49.0 Å². The smallest absolute Gasteiger partial charge is 0.313 e. The van der Waals surface area contributed by atoms with E-state index in [0.717, 1.165) is 31.7 Å². The van der Waals surface area contributed by atoms with Gasteiger partial charge >= 0.3 is 11.8 Å². The Kier molecular flexibility index (Phi) is 6.34. The van der Waals surface area contributed by atoms with Gasteiger partial charge < -0.3 is 25.0 Å². The number of likely N-dealkylation sites (N-methyl/N-ethyl adjacent to an activating group) is 1. The number of hydrogen-bond donors (Lipinski definition) is 2. The summed E-state index contributed by atoms with van der Waals surface area (Å²) in [6.45, 7) is 3.97. The minimum atomic E-state index is -0.797. The first kappa shape index (κ1) is 21.1. The summed E-state index contributed by atoms with van der Waals surface area (Å²) in [7, 11) is 2.08. The molecule has 0 bridgehead atoms. The fraction of sp³-hybridized carbons (Fsp3) is 0.364. The quantitative estimate of drug-likeness (QED) is 0.704. The van der Waals surface area contributed by atoms with Gasteiger partial charge in [0.15, 0.2) is 11.5 Å². The molecule has 2 aromatic carbocycles. The highest BCUT2D eigenvalue weighted by molar-refractivity contribution is 6.39. The Labute approximate surface area is 179 Å². The number of piperazine rings is 1. The lowest BCUT2D eigenvalue weighted by molar-refractivity contribution is -0.136. The van der Waals surface area contributed by atoms with Crippen molar-refractivity contribution in [2.75, 3.05) is 51.9 Å². The van der Waals surface area contributed by atoms with E-state index in [-0.39, 0.29) is 19.4 Å². The van der Waals surface area contributed by atoms with Crippen LogP contribution < -0.4 is 20.1 Å². The van der Waals surface area contributed by atoms with Crippen LogP contribution in [0, 0.1) is 5.82 Å². The molecule has 8 nitrogen and oxygen atoms in total. The fourth-order valence-electron chi connectivity index (χ4n) is 3.70. The number of rotatable bonds is 5. The van der Waals surface area contributed by atoms with Gasteiger partial charge in [-0.25, -0.2) is 4.39 Å². The Bertz CT molecular complexity index is 945. The summed E-state index contributed by atoms with van der Waals surface area (Å²) in [6, 6.07) is 10.9. The van der Waals surface area contributed by atoms with Crippen molar-refractivity contribution in [3.05, 3.63) is 53.8 Å². The molecular formula is C22H25FN4O4. The molecule has 0 aromatic heterocycles. The molecule has 2 aliphatic rings. The first-order chi connectivity index (χ1) is 15.0. The highest BCUT2D eigenvalue weighted by Crippen LogP contribution is 2.35. The molecule has 2 aliphatic heterocycles. The van der Waals surface area contributed by atoms with Gasteiger partial charge in [0.2, 0.25) is 6.79 Å². The fourth-order valence-corrected chi connectivity index (χ4v) is 3.70. The van der Waals surface area contributed by atoms with Crippen LogP contribution in [0.1, 0.15) is 11.6 Å². The van der Waals surface area contributed by atoms with E-state index in [0.29, 0.717) is 17.2 Å². The van der Waals surface area contributed by atoms with Crippen molar-refractivity contribution in [1.29, 1.82) is 0 Å². The van der Waals surface area contributed by atoms with Gasteiger partial charge in [0.05, 0.1) is 6.04 Å². The average Bonchev–Trinajstić information content (AvgIpc) is 3.24. The number of carbonyl (C=O) groups excluding carboxylic acids is 2. The van der Waals surface area contributed by atoms with Crippen LogP contribution in [0.4, 0.5) is 10.1 Å². The molecule has 4 rings (SSSR count). The zero-order chi connectivity index (χ0) is 21.8. The molecule has 164 valence electrons. The number of ether oxygens (including phenoxy) is 2. The van der Waals surface area contributed by atoms with Gasteiger partial charge in [-0.1, -0.05) is 6.07 Å². The van der Waals surface area contributed by atoms with Crippen LogP contribution in [0.15, 0.2) is 42.5 Å². The van der Waals surface area contributed by atoms with Gasteiger partial charge in [-0.15, -0.1) is 0 Å². The van der Waals surface area contributed by atoms with Crippen LogP contribution in [-0.2, 0) is 9.59 Å². The lowest BCUT2D eigenvalue weighted by atomic mass is 10.0. The number of benzene rings is 2. The van der Waals surface area contributed by atoms with E-state index < -0.39 is 17.6 Å². The number of fused-ring (bicyclic) bond motifs is 1. The van der Waals surface area contributed by atoms with Crippen LogP contribution in [0.3, 0.4) is 0 Å². The Morgan fingerprint density at radius 2 is 1.71 bits per heavy atom. The predicted octanol–water partition coefficient (Wildman–Crippen LogP) is 1.60. The van der Waals surface area contributed by atoms with E-state index in [4.69, 9.17) is 9.47 Å². The summed E-state index contributed by atoms with van der Waals surface area (Å²) in [4.78, 5) is 29.2. The van der Waals surface area contributed by atoms with Crippen molar-refractivity contribution in [2.45, 2.75) is 6.04 Å². The minimum Gasteiger partial charge on any atom is -0.454 e. The molecule has 2 heterocycles. The zero-order valence-corrected chi connectivity index (χ0v) is 17.3. The molecule has 9 heteroatoms. The largest absolute Gasteiger partial charge is 0.454 e. The van der Waals surface area contributed by atoms with Crippen LogP contribution in [0.25, 0.3) is 0 Å². The topological polar surface area (TPSA) is 83.1 Å². The number of hydrogen-bond acceptors (Lipinski definition) is 6. The molecule has 2 aromatic rings. The van der Waals surface area contributed by atoms with Crippen molar-refractivity contribution in [2.24, 2.45) is 0 Å². The molecule has 2 N–H and O–H groups in total. The summed E-state index contributed by atoms with van der Waals surface area (Å²) in [5.74, 6) is -0.583. The number of carbonyl (C=O) groups is 2.